The second kappa shape index (κ2) is 2.69. The molecular formula is C10H6ClN3. The van der Waals surface area contributed by atoms with Gasteiger partial charge in [0.2, 0.25) is 0 Å². The Morgan fingerprint density at radius 1 is 1.21 bits per heavy atom. The lowest BCUT2D eigenvalue weighted by Gasteiger charge is -2.01. The van der Waals surface area contributed by atoms with Gasteiger partial charge in [0.15, 0.2) is 5.65 Å². The second-order valence-electron chi connectivity index (χ2n) is 3.08. The number of rotatable bonds is 0. The van der Waals surface area contributed by atoms with Crippen molar-refractivity contribution in [3.8, 4) is 0 Å². The summed E-state index contributed by atoms with van der Waals surface area (Å²) in [4.78, 5) is 0. The van der Waals surface area contributed by atoms with Crippen molar-refractivity contribution in [1.29, 1.82) is 0 Å². The van der Waals surface area contributed by atoms with Crippen molar-refractivity contribution < 1.29 is 0 Å². The fourth-order valence-corrected chi connectivity index (χ4v) is 1.84. The standard InChI is InChI=1S/C10H6ClN3/c11-9-5-7-3-1-2-4-8(7)10-13-12-6-14(9)10/h1-6H. The van der Waals surface area contributed by atoms with E-state index in [2.05, 4.69) is 10.2 Å². The highest BCUT2D eigenvalue weighted by atomic mass is 35.5. The van der Waals surface area contributed by atoms with Crippen LogP contribution in [0.3, 0.4) is 0 Å². The second-order valence-corrected chi connectivity index (χ2v) is 3.47. The highest BCUT2D eigenvalue weighted by Crippen LogP contribution is 2.22. The lowest BCUT2D eigenvalue weighted by atomic mass is 10.2. The Morgan fingerprint density at radius 3 is 3.00 bits per heavy atom. The summed E-state index contributed by atoms with van der Waals surface area (Å²) in [5.41, 5.74) is 0.799. The molecule has 3 aromatic rings. The van der Waals surface area contributed by atoms with Gasteiger partial charge in [-0.1, -0.05) is 35.9 Å². The Morgan fingerprint density at radius 2 is 2.07 bits per heavy atom. The monoisotopic (exact) mass is 203 g/mol. The van der Waals surface area contributed by atoms with Gasteiger partial charge in [0.25, 0.3) is 0 Å². The van der Waals surface area contributed by atoms with E-state index < -0.39 is 0 Å². The van der Waals surface area contributed by atoms with Crippen molar-refractivity contribution in [3.63, 3.8) is 0 Å². The molecule has 3 nitrogen and oxygen atoms in total. The number of hydrogen-bond acceptors (Lipinski definition) is 2. The smallest absolute Gasteiger partial charge is 0.169 e. The molecule has 3 rings (SSSR count). The third kappa shape index (κ3) is 0.930. The van der Waals surface area contributed by atoms with E-state index in [1.807, 2.05) is 30.3 Å². The predicted octanol–water partition coefficient (Wildman–Crippen LogP) is 2.54. The van der Waals surface area contributed by atoms with E-state index in [0.29, 0.717) is 5.15 Å². The molecule has 0 saturated carbocycles. The van der Waals surface area contributed by atoms with Gasteiger partial charge in [-0.2, -0.15) is 0 Å². The summed E-state index contributed by atoms with van der Waals surface area (Å²) in [5.74, 6) is 0. The molecule has 0 spiro atoms. The molecule has 0 bridgehead atoms. The van der Waals surface area contributed by atoms with Gasteiger partial charge in [-0.05, 0) is 11.5 Å². The molecule has 0 radical (unpaired) electrons. The molecule has 0 N–H and O–H groups in total. The maximum absolute atomic E-state index is 6.06. The van der Waals surface area contributed by atoms with Crippen LogP contribution in [-0.2, 0) is 0 Å². The molecule has 0 aliphatic heterocycles. The normalized spacial score (nSPS) is 11.2. The topological polar surface area (TPSA) is 30.2 Å². The van der Waals surface area contributed by atoms with E-state index in [9.17, 15) is 0 Å². The summed E-state index contributed by atoms with van der Waals surface area (Å²) < 4.78 is 1.77. The van der Waals surface area contributed by atoms with Crippen molar-refractivity contribution in [3.05, 3.63) is 41.8 Å². The first-order valence-corrected chi connectivity index (χ1v) is 4.61. The lowest BCUT2D eigenvalue weighted by Crippen LogP contribution is -1.86. The van der Waals surface area contributed by atoms with Crippen LogP contribution in [0.5, 0.6) is 0 Å². The molecule has 0 amide bonds. The molecule has 1 aromatic carbocycles. The van der Waals surface area contributed by atoms with Crippen LogP contribution in [0.15, 0.2) is 36.7 Å². The molecule has 14 heavy (non-hydrogen) atoms. The number of aromatic nitrogens is 3. The molecule has 0 unspecified atom stereocenters. The van der Waals surface area contributed by atoms with E-state index >= 15 is 0 Å². The summed E-state index contributed by atoms with van der Waals surface area (Å²) in [7, 11) is 0. The molecule has 0 fully saturated rings. The van der Waals surface area contributed by atoms with E-state index in [-0.39, 0.29) is 0 Å². The molecule has 0 aliphatic rings. The average molecular weight is 204 g/mol. The molecule has 2 aromatic heterocycles. The number of pyridine rings is 1. The summed E-state index contributed by atoms with van der Waals surface area (Å²) in [6.07, 6.45) is 1.62. The largest absolute Gasteiger partial charge is 0.271 e. The van der Waals surface area contributed by atoms with Crippen LogP contribution in [0.25, 0.3) is 16.4 Å². The van der Waals surface area contributed by atoms with Crippen LogP contribution in [0.2, 0.25) is 5.15 Å². The Hall–Kier alpha value is -1.61. The van der Waals surface area contributed by atoms with Crippen molar-refractivity contribution in [1.82, 2.24) is 14.6 Å². The first-order chi connectivity index (χ1) is 6.86. The van der Waals surface area contributed by atoms with E-state index in [1.54, 1.807) is 10.7 Å². The lowest BCUT2D eigenvalue weighted by molar-refractivity contribution is 1.10. The fourth-order valence-electron chi connectivity index (χ4n) is 1.60. The Balaban J connectivity index is 2.66. The van der Waals surface area contributed by atoms with Crippen molar-refractivity contribution in [2.75, 3.05) is 0 Å². The van der Waals surface area contributed by atoms with Crippen molar-refractivity contribution in [2.45, 2.75) is 0 Å². The Kier molecular flexibility index (Phi) is 1.49. The molecular weight excluding hydrogens is 198 g/mol. The first-order valence-electron chi connectivity index (χ1n) is 4.23. The Bertz CT molecular complexity index is 615. The van der Waals surface area contributed by atoms with Crippen LogP contribution in [0.4, 0.5) is 0 Å². The van der Waals surface area contributed by atoms with Crippen molar-refractivity contribution in [2.24, 2.45) is 0 Å². The minimum atomic E-state index is 0.628. The van der Waals surface area contributed by atoms with Gasteiger partial charge in [-0.25, -0.2) is 0 Å². The van der Waals surface area contributed by atoms with Gasteiger partial charge in [-0.15, -0.1) is 10.2 Å². The predicted molar refractivity (Wildman–Crippen MR) is 55.5 cm³/mol. The van der Waals surface area contributed by atoms with Crippen molar-refractivity contribution >= 4 is 28.0 Å². The van der Waals surface area contributed by atoms with Gasteiger partial charge in [0.1, 0.15) is 11.5 Å². The molecule has 4 heteroatoms. The van der Waals surface area contributed by atoms with E-state index in [4.69, 9.17) is 11.6 Å². The number of hydrogen-bond donors (Lipinski definition) is 0. The first kappa shape index (κ1) is 7.76. The average Bonchev–Trinajstić information content (AvgIpc) is 2.67. The van der Waals surface area contributed by atoms with E-state index in [0.717, 1.165) is 16.4 Å². The Labute approximate surface area is 84.9 Å². The van der Waals surface area contributed by atoms with Crippen LogP contribution in [0.1, 0.15) is 0 Å². The van der Waals surface area contributed by atoms with Gasteiger partial charge >= 0.3 is 0 Å². The third-order valence-corrected chi connectivity index (χ3v) is 2.55. The van der Waals surface area contributed by atoms with E-state index in [1.165, 1.54) is 0 Å². The minimum Gasteiger partial charge on any atom is -0.271 e. The minimum absolute atomic E-state index is 0.628. The quantitative estimate of drug-likeness (QED) is 0.526. The van der Waals surface area contributed by atoms with Crippen LogP contribution < -0.4 is 0 Å². The number of fused-ring (bicyclic) bond motifs is 3. The highest BCUT2D eigenvalue weighted by molar-refractivity contribution is 6.30. The summed E-state index contributed by atoms with van der Waals surface area (Å²) in [6.45, 7) is 0. The number of benzene rings is 1. The molecule has 0 saturated heterocycles. The number of halogens is 1. The van der Waals surface area contributed by atoms with Crippen LogP contribution in [-0.4, -0.2) is 14.6 Å². The maximum Gasteiger partial charge on any atom is 0.169 e. The van der Waals surface area contributed by atoms with Gasteiger partial charge < -0.3 is 0 Å². The summed E-state index contributed by atoms with van der Waals surface area (Å²) in [5, 5.41) is 10.7. The zero-order valence-corrected chi connectivity index (χ0v) is 7.94. The zero-order valence-electron chi connectivity index (χ0n) is 7.18. The zero-order chi connectivity index (χ0) is 9.54. The summed E-state index contributed by atoms with van der Waals surface area (Å²) >= 11 is 6.06. The maximum atomic E-state index is 6.06. The SMILES string of the molecule is Clc1cc2ccccc2c2nncn12. The third-order valence-electron chi connectivity index (χ3n) is 2.25. The molecule has 0 atom stereocenters. The highest BCUT2D eigenvalue weighted by Gasteiger charge is 2.04. The van der Waals surface area contributed by atoms with Gasteiger partial charge in [0, 0.05) is 5.39 Å². The van der Waals surface area contributed by atoms with Crippen LogP contribution >= 0.6 is 11.6 Å². The fraction of sp³-hybridized carbons (Fsp3) is 0. The van der Waals surface area contributed by atoms with Gasteiger partial charge in [-0.3, -0.25) is 4.40 Å². The van der Waals surface area contributed by atoms with Crippen LogP contribution in [0, 0.1) is 0 Å². The molecule has 68 valence electrons. The number of nitrogens with zero attached hydrogens (tertiary/aromatic N) is 3. The molecule has 0 aliphatic carbocycles. The summed E-state index contributed by atoms with van der Waals surface area (Å²) in [6, 6.07) is 9.88. The van der Waals surface area contributed by atoms with Gasteiger partial charge in [0.05, 0.1) is 0 Å². The molecule has 2 heterocycles.